The quantitative estimate of drug-likeness (QED) is 0.836. The average molecular weight is 269 g/mol. The standard InChI is InChI=1S/C14H23NO2S/c1-10(2)7-11(3)9-18(16,17)14-8-13(15)6-5-12(14)4/h5-6,8,10-11H,7,9,15H2,1-4H3. The van der Waals surface area contributed by atoms with E-state index in [4.69, 9.17) is 5.73 Å². The largest absolute Gasteiger partial charge is 0.399 e. The fraction of sp³-hybridized carbons (Fsp3) is 0.571. The van der Waals surface area contributed by atoms with Gasteiger partial charge in [0, 0.05) is 5.69 Å². The van der Waals surface area contributed by atoms with Gasteiger partial charge in [0.25, 0.3) is 0 Å². The summed E-state index contributed by atoms with van der Waals surface area (Å²) in [4.78, 5) is 0.373. The number of rotatable bonds is 5. The highest BCUT2D eigenvalue weighted by Gasteiger charge is 2.21. The molecule has 0 spiro atoms. The van der Waals surface area contributed by atoms with Gasteiger partial charge in [0.05, 0.1) is 10.6 Å². The first-order chi connectivity index (χ1) is 8.22. The van der Waals surface area contributed by atoms with Gasteiger partial charge in [-0.2, -0.15) is 0 Å². The van der Waals surface area contributed by atoms with Crippen molar-refractivity contribution in [3.05, 3.63) is 23.8 Å². The van der Waals surface area contributed by atoms with Gasteiger partial charge < -0.3 is 5.73 Å². The van der Waals surface area contributed by atoms with Gasteiger partial charge in [-0.25, -0.2) is 8.42 Å². The molecule has 4 heteroatoms. The van der Waals surface area contributed by atoms with Crippen molar-refractivity contribution in [1.82, 2.24) is 0 Å². The Bertz CT molecular complexity index is 507. The second kappa shape index (κ2) is 5.74. The third-order valence-corrected chi connectivity index (χ3v) is 5.04. The predicted molar refractivity (Wildman–Crippen MR) is 76.3 cm³/mol. The van der Waals surface area contributed by atoms with E-state index >= 15 is 0 Å². The summed E-state index contributed by atoms with van der Waals surface area (Å²) in [5.74, 6) is 0.864. The van der Waals surface area contributed by atoms with Gasteiger partial charge in [0.15, 0.2) is 9.84 Å². The lowest BCUT2D eigenvalue weighted by Gasteiger charge is -2.15. The molecule has 1 aromatic rings. The van der Waals surface area contributed by atoms with Crippen LogP contribution in [0.2, 0.25) is 0 Å². The number of aryl methyl sites for hydroxylation is 1. The molecule has 3 nitrogen and oxygen atoms in total. The zero-order chi connectivity index (χ0) is 13.9. The van der Waals surface area contributed by atoms with Gasteiger partial charge >= 0.3 is 0 Å². The monoisotopic (exact) mass is 269 g/mol. The van der Waals surface area contributed by atoms with E-state index in [1.165, 1.54) is 0 Å². The van der Waals surface area contributed by atoms with E-state index in [1.54, 1.807) is 25.1 Å². The van der Waals surface area contributed by atoms with E-state index in [2.05, 4.69) is 13.8 Å². The Morgan fingerprint density at radius 2 is 1.83 bits per heavy atom. The van der Waals surface area contributed by atoms with Crippen LogP contribution >= 0.6 is 0 Å². The van der Waals surface area contributed by atoms with Gasteiger partial charge in [0.2, 0.25) is 0 Å². The molecular weight excluding hydrogens is 246 g/mol. The number of nitrogens with two attached hydrogens (primary N) is 1. The normalized spacial score (nSPS) is 13.8. The van der Waals surface area contributed by atoms with Gasteiger partial charge in [-0.1, -0.05) is 26.8 Å². The Hall–Kier alpha value is -1.03. The van der Waals surface area contributed by atoms with Crippen molar-refractivity contribution in [2.45, 2.75) is 39.0 Å². The van der Waals surface area contributed by atoms with E-state index in [-0.39, 0.29) is 11.7 Å². The van der Waals surface area contributed by atoms with E-state index in [0.29, 0.717) is 16.5 Å². The average Bonchev–Trinajstić information content (AvgIpc) is 2.19. The zero-order valence-corrected chi connectivity index (χ0v) is 12.4. The zero-order valence-electron chi connectivity index (χ0n) is 11.6. The second-order valence-corrected chi connectivity index (χ2v) is 7.54. The number of anilines is 1. The molecule has 1 aromatic carbocycles. The Balaban J connectivity index is 2.96. The highest BCUT2D eigenvalue weighted by Crippen LogP contribution is 2.23. The fourth-order valence-corrected chi connectivity index (χ4v) is 4.23. The molecule has 18 heavy (non-hydrogen) atoms. The van der Waals surface area contributed by atoms with Crippen molar-refractivity contribution in [2.75, 3.05) is 11.5 Å². The number of sulfone groups is 1. The van der Waals surface area contributed by atoms with Crippen molar-refractivity contribution >= 4 is 15.5 Å². The molecule has 0 aliphatic heterocycles. The first kappa shape index (κ1) is 15.0. The highest BCUT2D eigenvalue weighted by atomic mass is 32.2. The lowest BCUT2D eigenvalue weighted by molar-refractivity contribution is 0.465. The summed E-state index contributed by atoms with van der Waals surface area (Å²) in [6.45, 7) is 8.00. The number of hydrogen-bond acceptors (Lipinski definition) is 3. The van der Waals surface area contributed by atoms with Crippen molar-refractivity contribution in [2.24, 2.45) is 11.8 Å². The summed E-state index contributed by atoms with van der Waals surface area (Å²) < 4.78 is 24.7. The fourth-order valence-electron chi connectivity index (χ4n) is 2.29. The SMILES string of the molecule is Cc1ccc(N)cc1S(=O)(=O)CC(C)CC(C)C. The maximum absolute atomic E-state index is 12.3. The molecule has 2 N–H and O–H groups in total. The van der Waals surface area contributed by atoms with Crippen LogP contribution in [0.4, 0.5) is 5.69 Å². The molecule has 1 rings (SSSR count). The molecule has 1 atom stereocenters. The van der Waals surface area contributed by atoms with E-state index < -0.39 is 9.84 Å². The van der Waals surface area contributed by atoms with Crippen LogP contribution in [-0.4, -0.2) is 14.2 Å². The molecule has 0 aliphatic rings. The summed E-state index contributed by atoms with van der Waals surface area (Å²) in [7, 11) is -3.24. The third-order valence-electron chi connectivity index (χ3n) is 2.92. The highest BCUT2D eigenvalue weighted by molar-refractivity contribution is 7.91. The number of nitrogen functional groups attached to an aromatic ring is 1. The molecule has 1 unspecified atom stereocenters. The minimum absolute atomic E-state index is 0.163. The van der Waals surface area contributed by atoms with Gasteiger partial charge in [0.1, 0.15) is 0 Å². The molecule has 102 valence electrons. The molecule has 0 saturated heterocycles. The van der Waals surface area contributed by atoms with E-state index in [9.17, 15) is 8.42 Å². The molecule has 0 amide bonds. The van der Waals surface area contributed by atoms with Crippen LogP contribution in [0.3, 0.4) is 0 Å². The summed E-state index contributed by atoms with van der Waals surface area (Å²) in [5.41, 5.74) is 6.93. The molecule has 0 aliphatic carbocycles. The molecule has 0 radical (unpaired) electrons. The maximum atomic E-state index is 12.3. The predicted octanol–water partition coefficient (Wildman–Crippen LogP) is 3.03. The Morgan fingerprint density at radius 1 is 1.22 bits per heavy atom. The van der Waals surface area contributed by atoms with Crippen LogP contribution in [-0.2, 0) is 9.84 Å². The first-order valence-corrected chi connectivity index (χ1v) is 7.96. The van der Waals surface area contributed by atoms with Gasteiger partial charge in [-0.15, -0.1) is 0 Å². The van der Waals surface area contributed by atoms with Crippen LogP contribution in [0, 0.1) is 18.8 Å². The van der Waals surface area contributed by atoms with Crippen molar-refractivity contribution < 1.29 is 8.42 Å². The number of benzene rings is 1. The Labute approximate surface area is 110 Å². The Kier molecular flexibility index (Phi) is 4.79. The van der Waals surface area contributed by atoms with Gasteiger partial charge in [-0.3, -0.25) is 0 Å². The molecule has 0 aromatic heterocycles. The van der Waals surface area contributed by atoms with E-state index in [0.717, 1.165) is 12.0 Å². The molecule has 0 heterocycles. The van der Waals surface area contributed by atoms with Crippen LogP contribution < -0.4 is 5.73 Å². The summed E-state index contributed by atoms with van der Waals surface area (Å²) in [6, 6.07) is 5.05. The molecular formula is C14H23NO2S. The van der Waals surface area contributed by atoms with Crippen LogP contribution in [0.25, 0.3) is 0 Å². The summed E-state index contributed by atoms with van der Waals surface area (Å²) in [6.07, 6.45) is 0.917. The minimum atomic E-state index is -3.24. The minimum Gasteiger partial charge on any atom is -0.399 e. The van der Waals surface area contributed by atoms with Gasteiger partial charge in [-0.05, 0) is 42.9 Å². The van der Waals surface area contributed by atoms with Crippen LogP contribution in [0.1, 0.15) is 32.8 Å². The van der Waals surface area contributed by atoms with Crippen molar-refractivity contribution in [3.8, 4) is 0 Å². The topological polar surface area (TPSA) is 60.2 Å². The molecule has 0 saturated carbocycles. The molecule has 0 bridgehead atoms. The van der Waals surface area contributed by atoms with Crippen molar-refractivity contribution in [1.29, 1.82) is 0 Å². The maximum Gasteiger partial charge on any atom is 0.178 e. The second-order valence-electron chi connectivity index (χ2n) is 5.54. The number of hydrogen-bond donors (Lipinski definition) is 1. The lowest BCUT2D eigenvalue weighted by atomic mass is 10.0. The molecule has 0 fully saturated rings. The summed E-state index contributed by atoms with van der Waals surface area (Å²) >= 11 is 0. The lowest BCUT2D eigenvalue weighted by Crippen LogP contribution is -2.16. The van der Waals surface area contributed by atoms with Crippen molar-refractivity contribution in [3.63, 3.8) is 0 Å². The van der Waals surface area contributed by atoms with Crippen LogP contribution in [0.15, 0.2) is 23.1 Å². The first-order valence-electron chi connectivity index (χ1n) is 6.31. The smallest absolute Gasteiger partial charge is 0.178 e. The summed E-state index contributed by atoms with van der Waals surface area (Å²) in [5, 5.41) is 0. The van der Waals surface area contributed by atoms with E-state index in [1.807, 2.05) is 6.92 Å². The third kappa shape index (κ3) is 4.02. The Morgan fingerprint density at radius 3 is 2.39 bits per heavy atom. The van der Waals surface area contributed by atoms with Crippen LogP contribution in [0.5, 0.6) is 0 Å².